The molecule has 0 aliphatic carbocycles. The molecule has 2 rings (SSSR count). The summed E-state index contributed by atoms with van der Waals surface area (Å²) in [5.41, 5.74) is -0.734. The number of halogens is 3. The fourth-order valence-corrected chi connectivity index (χ4v) is 2.17. The van der Waals surface area contributed by atoms with E-state index in [-0.39, 0.29) is 63.1 Å². The third-order valence-corrected chi connectivity index (χ3v) is 3.25. The topological polar surface area (TPSA) is 18.5 Å². The van der Waals surface area contributed by atoms with Crippen LogP contribution in [-0.2, 0) is 4.74 Å². The van der Waals surface area contributed by atoms with Gasteiger partial charge in [0.2, 0.25) is 0 Å². The van der Waals surface area contributed by atoms with Crippen molar-refractivity contribution in [2.45, 2.75) is 38.4 Å². The fraction of sp³-hybridized carbons (Fsp3) is 0.538. The molecule has 7 heteroatoms. The second kappa shape index (κ2) is 7.15. The second-order valence-corrected chi connectivity index (χ2v) is 5.49. The van der Waals surface area contributed by atoms with Gasteiger partial charge in [-0.05, 0) is 38.8 Å². The predicted octanol–water partition coefficient (Wildman–Crippen LogP) is 0.0814. The van der Waals surface area contributed by atoms with Gasteiger partial charge >= 0.3 is 58.4 Å². The molecule has 20 heavy (non-hydrogen) atoms. The van der Waals surface area contributed by atoms with E-state index in [0.717, 1.165) is 25.0 Å². The molecule has 1 aliphatic rings. The molecule has 1 aromatic carbocycles. The van der Waals surface area contributed by atoms with E-state index in [2.05, 4.69) is 0 Å². The van der Waals surface area contributed by atoms with E-state index in [1.54, 1.807) is 0 Å². The molecule has 1 fully saturated rings. The van der Waals surface area contributed by atoms with Gasteiger partial charge in [0.25, 0.3) is 0 Å². The monoisotopic (exact) mass is 312 g/mol. The number of hydrogen-bond donors (Lipinski definition) is 0. The smallest absolute Gasteiger partial charge is 0.491 e. The average Bonchev–Trinajstić information content (AvgIpc) is 2.66. The Balaban J connectivity index is 0.00000200. The van der Waals surface area contributed by atoms with Gasteiger partial charge in [-0.3, -0.25) is 0 Å². The first-order valence-corrected chi connectivity index (χ1v) is 6.37. The maximum atomic E-state index is 12.4. The molecule has 1 atom stereocenters. The Morgan fingerprint density at radius 2 is 1.85 bits per heavy atom. The van der Waals surface area contributed by atoms with Crippen LogP contribution in [-0.4, -0.2) is 25.3 Å². The van der Waals surface area contributed by atoms with E-state index < -0.39 is 12.4 Å². The zero-order valence-corrected chi connectivity index (χ0v) is 15.2. The number of benzene rings is 1. The summed E-state index contributed by atoms with van der Waals surface area (Å²) in [5, 5.41) is 0. The van der Waals surface area contributed by atoms with Gasteiger partial charge in [-0.25, -0.2) is 0 Å². The molecule has 0 radical (unpaired) electrons. The van der Waals surface area contributed by atoms with Gasteiger partial charge in [-0.2, -0.15) is 0 Å². The predicted molar refractivity (Wildman–Crippen MR) is 68.8 cm³/mol. The van der Waals surface area contributed by atoms with Gasteiger partial charge in [0.15, 0.2) is 0 Å². The van der Waals surface area contributed by atoms with E-state index in [0.29, 0.717) is 12.4 Å². The summed E-state index contributed by atoms with van der Waals surface area (Å²) in [5.74, 6) is 0.442. The Bertz CT molecular complexity index is 434. The van der Waals surface area contributed by atoms with E-state index in [4.69, 9.17) is 9.47 Å². The van der Waals surface area contributed by atoms with Crippen LogP contribution in [0, 0.1) is 0 Å². The molecule has 0 bridgehead atoms. The van der Waals surface area contributed by atoms with Crippen LogP contribution >= 0.6 is 0 Å². The van der Waals surface area contributed by atoms with E-state index in [1.165, 1.54) is 12.1 Å². The van der Waals surface area contributed by atoms with Gasteiger partial charge in [0, 0.05) is 0 Å². The van der Waals surface area contributed by atoms with Crippen LogP contribution in [0.1, 0.15) is 26.7 Å². The molecule has 1 saturated heterocycles. The van der Waals surface area contributed by atoms with Gasteiger partial charge in [0.05, 0.1) is 11.7 Å². The van der Waals surface area contributed by atoms with Crippen LogP contribution in [0.15, 0.2) is 24.3 Å². The summed E-state index contributed by atoms with van der Waals surface area (Å²) in [6.45, 7) is -0.519. The van der Waals surface area contributed by atoms with E-state index >= 15 is 0 Å². The van der Waals surface area contributed by atoms with Crippen LogP contribution in [0.4, 0.5) is 12.9 Å². The summed E-state index contributed by atoms with van der Waals surface area (Å²) in [6.07, 6.45) is 1.90. The molecule has 1 aliphatic heterocycles. The average molecular weight is 312 g/mol. The molecular weight excluding hydrogens is 295 g/mol. The molecule has 1 aromatic rings. The van der Waals surface area contributed by atoms with Crippen LogP contribution in [0.25, 0.3) is 0 Å². The largest absolute Gasteiger partial charge is 1.00 e. The third kappa shape index (κ3) is 5.35. The molecule has 0 N–H and O–H groups in total. The van der Waals surface area contributed by atoms with Crippen LogP contribution in [0.5, 0.6) is 5.75 Å². The fourth-order valence-electron chi connectivity index (χ4n) is 2.17. The van der Waals surface area contributed by atoms with Crippen molar-refractivity contribution >= 4 is 12.4 Å². The quantitative estimate of drug-likeness (QED) is 0.733. The van der Waals surface area contributed by atoms with Crippen molar-refractivity contribution in [1.29, 1.82) is 0 Å². The van der Waals surface area contributed by atoms with Crippen molar-refractivity contribution in [2.75, 3.05) is 6.61 Å². The van der Waals surface area contributed by atoms with Gasteiger partial charge in [-0.15, -0.1) is 5.46 Å². The zero-order valence-electron chi connectivity index (χ0n) is 12.0. The van der Waals surface area contributed by atoms with Gasteiger partial charge in [0.1, 0.15) is 12.4 Å². The first-order valence-electron chi connectivity index (χ1n) is 6.37. The molecule has 0 spiro atoms. The molecule has 1 unspecified atom stereocenters. The first kappa shape index (κ1) is 18.5. The Hall–Kier alpha value is 0.471. The van der Waals surface area contributed by atoms with Crippen molar-refractivity contribution < 1.29 is 73.8 Å². The standard InChI is InChI=1S/C13H17BF3O2.K/c1-13(2)8-7-12(19-13)9-18-11-5-3-10(4-6-11)14(15,16)17;/h3-6,12H,7-9H2,1-2H3;/q-1;+1. The maximum absolute atomic E-state index is 12.4. The van der Waals surface area contributed by atoms with Crippen LogP contribution < -0.4 is 61.6 Å². The molecule has 0 saturated carbocycles. The number of ether oxygens (including phenoxy) is 2. The van der Waals surface area contributed by atoms with Gasteiger partial charge in [-0.1, -0.05) is 12.1 Å². The number of hydrogen-bond acceptors (Lipinski definition) is 2. The molecule has 2 nitrogen and oxygen atoms in total. The van der Waals surface area contributed by atoms with Crippen molar-refractivity contribution in [2.24, 2.45) is 0 Å². The van der Waals surface area contributed by atoms with Crippen molar-refractivity contribution in [3.05, 3.63) is 24.3 Å². The Labute approximate surface area is 159 Å². The molecule has 0 aromatic heterocycles. The summed E-state index contributed by atoms with van der Waals surface area (Å²) in [4.78, 5) is 0. The van der Waals surface area contributed by atoms with E-state index in [9.17, 15) is 12.9 Å². The molecule has 106 valence electrons. The summed E-state index contributed by atoms with van der Waals surface area (Å²) in [7, 11) is 0. The third-order valence-electron chi connectivity index (χ3n) is 3.25. The van der Waals surface area contributed by atoms with Crippen LogP contribution in [0.2, 0.25) is 0 Å². The molecular formula is C13H17BF3KO2. The molecule has 0 amide bonds. The minimum Gasteiger partial charge on any atom is -0.491 e. The number of rotatable bonds is 4. The van der Waals surface area contributed by atoms with Crippen LogP contribution in [0.3, 0.4) is 0 Å². The summed E-state index contributed by atoms with van der Waals surface area (Å²) >= 11 is 0. The maximum Gasteiger partial charge on any atom is 1.00 e. The Kier molecular flexibility index (Phi) is 6.63. The first-order chi connectivity index (χ1) is 8.76. The van der Waals surface area contributed by atoms with Gasteiger partial charge < -0.3 is 22.4 Å². The van der Waals surface area contributed by atoms with Crippen molar-refractivity contribution in [3.8, 4) is 5.75 Å². The summed E-state index contributed by atoms with van der Waals surface area (Å²) < 4.78 is 48.5. The SMILES string of the molecule is CC1(C)CCC(COc2ccc([B-](F)(F)F)cc2)O1.[K+]. The van der Waals surface area contributed by atoms with Crippen molar-refractivity contribution in [3.63, 3.8) is 0 Å². The molecule has 1 heterocycles. The second-order valence-electron chi connectivity index (χ2n) is 5.49. The minimum atomic E-state index is -4.94. The Morgan fingerprint density at radius 1 is 1.25 bits per heavy atom. The zero-order chi connectivity index (χ0) is 14.1. The van der Waals surface area contributed by atoms with E-state index in [1.807, 2.05) is 13.8 Å². The Morgan fingerprint density at radius 3 is 2.30 bits per heavy atom. The van der Waals surface area contributed by atoms with Crippen molar-refractivity contribution in [1.82, 2.24) is 0 Å². The minimum absolute atomic E-state index is 0. The summed E-state index contributed by atoms with van der Waals surface area (Å²) in [6, 6.07) is 4.80. The normalized spacial score (nSPS) is 21.4.